The van der Waals surface area contributed by atoms with E-state index in [2.05, 4.69) is 4.57 Å². The van der Waals surface area contributed by atoms with Crippen LogP contribution in [0.25, 0.3) is 16.5 Å². The molecule has 3 atom stereocenters. The highest BCUT2D eigenvalue weighted by Gasteiger charge is 2.56. The molecule has 0 aliphatic carbocycles. The van der Waals surface area contributed by atoms with E-state index >= 15 is 0 Å². The predicted molar refractivity (Wildman–Crippen MR) is 119 cm³/mol. The van der Waals surface area contributed by atoms with Gasteiger partial charge in [0.1, 0.15) is 5.70 Å². The molecule has 0 spiro atoms. The zero-order valence-corrected chi connectivity index (χ0v) is 17.6. The molecule has 0 saturated carbocycles. The van der Waals surface area contributed by atoms with Crippen LogP contribution in [0, 0.1) is 5.92 Å². The van der Waals surface area contributed by atoms with E-state index in [1.165, 1.54) is 4.90 Å². The molecule has 0 radical (unpaired) electrons. The molecule has 7 heteroatoms. The number of aliphatic carboxylic acids is 1. The average Bonchev–Trinajstić information content (AvgIpc) is 3.09. The lowest BCUT2D eigenvalue weighted by Crippen LogP contribution is -2.61. The minimum Gasteiger partial charge on any atom is -0.477 e. The normalized spacial score (nSPS) is 20.9. The van der Waals surface area contributed by atoms with Crippen molar-refractivity contribution in [2.75, 3.05) is 5.73 Å². The number of aliphatic hydroxyl groups excluding tert-OH is 1. The Bertz CT molecular complexity index is 1280. The van der Waals surface area contributed by atoms with Crippen LogP contribution in [0.15, 0.2) is 66.5 Å². The third-order valence-corrected chi connectivity index (χ3v) is 6.46. The van der Waals surface area contributed by atoms with E-state index in [0.29, 0.717) is 24.2 Å². The molecule has 5 rings (SSSR count). The second kappa shape index (κ2) is 7.46. The number of fused-ring (bicyclic) bond motifs is 2. The fraction of sp³-hybridized carbons (Fsp3) is 0.240. The average molecular weight is 430 g/mol. The smallest absolute Gasteiger partial charge is 0.352 e. The largest absolute Gasteiger partial charge is 0.477 e. The number of aromatic nitrogens is 1. The molecule has 1 aromatic heterocycles. The molecular formula is C25H24N3O4+. The van der Waals surface area contributed by atoms with Crippen molar-refractivity contribution < 1.29 is 24.4 Å². The van der Waals surface area contributed by atoms with E-state index in [-0.39, 0.29) is 17.6 Å². The SMILES string of the molecule is C[C@@H](O)[C@H]1C(=O)N2C(C(=O)O)=C(c3ccc(C[n+]4cc(N)cc5ccccc54)cc3)C[C@H]12. The van der Waals surface area contributed by atoms with Gasteiger partial charge in [-0.2, -0.15) is 4.57 Å². The molecule has 2 aliphatic heterocycles. The fourth-order valence-electron chi connectivity index (χ4n) is 5.00. The van der Waals surface area contributed by atoms with Gasteiger partial charge in [0, 0.05) is 17.0 Å². The maximum atomic E-state index is 12.4. The number of anilines is 1. The molecule has 2 aromatic carbocycles. The van der Waals surface area contributed by atoms with Crippen molar-refractivity contribution in [1.82, 2.24) is 4.90 Å². The Morgan fingerprint density at radius 3 is 2.62 bits per heavy atom. The van der Waals surface area contributed by atoms with Crippen LogP contribution in [0.1, 0.15) is 24.5 Å². The van der Waals surface area contributed by atoms with Crippen LogP contribution in [0.3, 0.4) is 0 Å². The summed E-state index contributed by atoms with van der Waals surface area (Å²) in [4.78, 5) is 25.7. The number of amides is 1. The first-order chi connectivity index (χ1) is 15.3. The molecule has 0 unspecified atom stereocenters. The maximum Gasteiger partial charge on any atom is 0.352 e. The van der Waals surface area contributed by atoms with E-state index in [4.69, 9.17) is 5.73 Å². The molecule has 3 heterocycles. The number of aliphatic hydroxyl groups is 1. The Morgan fingerprint density at radius 2 is 1.94 bits per heavy atom. The zero-order valence-electron chi connectivity index (χ0n) is 17.6. The highest BCUT2D eigenvalue weighted by atomic mass is 16.4. The quantitative estimate of drug-likeness (QED) is 0.425. The number of para-hydroxylation sites is 1. The van der Waals surface area contributed by atoms with Gasteiger partial charge in [0.25, 0.3) is 0 Å². The van der Waals surface area contributed by atoms with Crippen LogP contribution >= 0.6 is 0 Å². The molecule has 32 heavy (non-hydrogen) atoms. The van der Waals surface area contributed by atoms with E-state index < -0.39 is 18.0 Å². The Kier molecular flexibility index (Phi) is 4.71. The zero-order chi connectivity index (χ0) is 22.6. The number of carbonyl (C=O) groups is 2. The number of β-lactam (4-membered cyclic amide) rings is 1. The summed E-state index contributed by atoms with van der Waals surface area (Å²) < 4.78 is 2.09. The summed E-state index contributed by atoms with van der Waals surface area (Å²) in [5.74, 6) is -1.99. The van der Waals surface area contributed by atoms with E-state index in [1.807, 2.05) is 60.8 Å². The van der Waals surface area contributed by atoms with Crippen LogP contribution in [-0.4, -0.2) is 39.1 Å². The number of hydrogen-bond donors (Lipinski definition) is 3. The maximum absolute atomic E-state index is 12.4. The number of rotatable bonds is 5. The van der Waals surface area contributed by atoms with Gasteiger partial charge in [-0.05, 0) is 36.6 Å². The lowest BCUT2D eigenvalue weighted by atomic mass is 9.82. The molecule has 1 saturated heterocycles. The first-order valence-electron chi connectivity index (χ1n) is 10.6. The second-order valence-electron chi connectivity index (χ2n) is 8.54. The van der Waals surface area contributed by atoms with Crippen molar-refractivity contribution in [3.8, 4) is 0 Å². The molecule has 1 fully saturated rings. The van der Waals surface area contributed by atoms with Gasteiger partial charge >= 0.3 is 5.97 Å². The van der Waals surface area contributed by atoms with E-state index in [1.54, 1.807) is 6.92 Å². The monoisotopic (exact) mass is 430 g/mol. The topological polar surface area (TPSA) is 108 Å². The molecule has 4 N–H and O–H groups in total. The van der Waals surface area contributed by atoms with Crippen molar-refractivity contribution in [2.24, 2.45) is 5.92 Å². The minimum atomic E-state index is -1.12. The Hall–Kier alpha value is -3.71. The number of pyridine rings is 1. The van der Waals surface area contributed by atoms with Crippen LogP contribution in [-0.2, 0) is 16.1 Å². The summed E-state index contributed by atoms with van der Waals surface area (Å²) >= 11 is 0. The van der Waals surface area contributed by atoms with Crippen LogP contribution in [0.5, 0.6) is 0 Å². The standard InChI is InChI=1S/C25H23N3O4/c1-14(29)22-21-11-19(23(25(31)32)28(21)24(22)30)16-8-6-15(7-9-16)12-27-13-18(26)10-17-4-2-3-5-20(17)27/h2-10,13-14,21-22,29H,11-12,26H2,1H3/p+1/t14-,21-,22-/m1/s1. The number of nitrogens with zero attached hydrogens (tertiary/aromatic N) is 2. The summed E-state index contributed by atoms with van der Waals surface area (Å²) in [5, 5.41) is 20.7. The molecule has 0 bridgehead atoms. The molecular weight excluding hydrogens is 406 g/mol. The van der Waals surface area contributed by atoms with Crippen molar-refractivity contribution >= 4 is 34.0 Å². The van der Waals surface area contributed by atoms with Gasteiger partial charge in [-0.25, -0.2) is 4.79 Å². The predicted octanol–water partition coefficient (Wildman–Crippen LogP) is 2.17. The fourth-order valence-corrected chi connectivity index (χ4v) is 5.00. The summed E-state index contributed by atoms with van der Waals surface area (Å²) in [6.07, 6.45) is 1.53. The number of hydrogen-bond acceptors (Lipinski definition) is 4. The Morgan fingerprint density at radius 1 is 1.22 bits per heavy atom. The number of carbonyl (C=O) groups excluding carboxylic acids is 1. The number of nitrogen functional groups attached to an aromatic ring is 1. The second-order valence-corrected chi connectivity index (χ2v) is 8.54. The summed E-state index contributed by atoms with van der Waals surface area (Å²) in [6.45, 7) is 2.19. The molecule has 1 amide bonds. The van der Waals surface area contributed by atoms with Crippen molar-refractivity contribution in [3.63, 3.8) is 0 Å². The van der Waals surface area contributed by atoms with Gasteiger partial charge < -0.3 is 20.8 Å². The highest BCUT2D eigenvalue weighted by Crippen LogP contribution is 2.46. The summed E-state index contributed by atoms with van der Waals surface area (Å²) in [7, 11) is 0. The third-order valence-electron chi connectivity index (χ3n) is 6.46. The van der Waals surface area contributed by atoms with Crippen LogP contribution < -0.4 is 10.3 Å². The first kappa shape index (κ1) is 20.2. The highest BCUT2D eigenvalue weighted by molar-refractivity contribution is 6.06. The summed E-state index contributed by atoms with van der Waals surface area (Å²) in [6, 6.07) is 17.4. The molecule has 162 valence electrons. The van der Waals surface area contributed by atoms with Gasteiger partial charge in [0.15, 0.2) is 12.7 Å². The lowest BCUT2D eigenvalue weighted by Gasteiger charge is -2.44. The number of nitrogens with two attached hydrogens (primary N) is 1. The summed E-state index contributed by atoms with van der Waals surface area (Å²) in [5.41, 5.74) is 10.3. The number of carboxylic acids is 1. The van der Waals surface area contributed by atoms with Gasteiger partial charge in [0.2, 0.25) is 11.4 Å². The van der Waals surface area contributed by atoms with E-state index in [9.17, 15) is 19.8 Å². The first-order valence-corrected chi connectivity index (χ1v) is 10.6. The third kappa shape index (κ3) is 3.13. The van der Waals surface area contributed by atoms with Crippen LogP contribution in [0.4, 0.5) is 5.69 Å². The van der Waals surface area contributed by atoms with Crippen LogP contribution in [0.2, 0.25) is 0 Å². The van der Waals surface area contributed by atoms with Crippen molar-refractivity contribution in [1.29, 1.82) is 0 Å². The molecule has 2 aliphatic rings. The van der Waals surface area contributed by atoms with Crippen molar-refractivity contribution in [3.05, 3.63) is 77.6 Å². The minimum absolute atomic E-state index is 0.0286. The Labute approximate surface area is 185 Å². The molecule has 7 nitrogen and oxygen atoms in total. The van der Waals surface area contributed by atoms with Gasteiger partial charge in [0.05, 0.1) is 23.8 Å². The number of carboxylic acid groups (broad SMARTS) is 1. The lowest BCUT2D eigenvalue weighted by molar-refractivity contribution is -0.661. The van der Waals surface area contributed by atoms with E-state index in [0.717, 1.165) is 22.0 Å². The van der Waals surface area contributed by atoms with Gasteiger partial charge in [-0.15, -0.1) is 0 Å². The van der Waals surface area contributed by atoms with Crippen molar-refractivity contribution in [2.45, 2.75) is 32.0 Å². The number of benzene rings is 2. The van der Waals surface area contributed by atoms with Gasteiger partial charge in [-0.1, -0.05) is 36.4 Å². The Balaban J connectivity index is 1.45. The molecule has 3 aromatic rings. The van der Waals surface area contributed by atoms with Gasteiger partial charge in [-0.3, -0.25) is 4.79 Å².